The SMILES string of the molecule is CC(C)Oc1ccc(Cl)cc1C(=O)NCC(C)C(=O)O. The van der Waals surface area contributed by atoms with Crippen molar-refractivity contribution in [1.29, 1.82) is 0 Å². The van der Waals surface area contributed by atoms with Gasteiger partial charge < -0.3 is 15.2 Å². The maximum absolute atomic E-state index is 12.1. The Morgan fingerprint density at radius 1 is 1.35 bits per heavy atom. The number of hydrogen-bond donors (Lipinski definition) is 2. The average molecular weight is 300 g/mol. The van der Waals surface area contributed by atoms with Gasteiger partial charge in [0.05, 0.1) is 17.6 Å². The lowest BCUT2D eigenvalue weighted by Crippen LogP contribution is -2.31. The number of benzene rings is 1. The summed E-state index contributed by atoms with van der Waals surface area (Å²) in [5.74, 6) is -1.61. The molecule has 5 nitrogen and oxygen atoms in total. The number of carboxylic acids is 1. The molecule has 0 aromatic heterocycles. The maximum Gasteiger partial charge on any atom is 0.308 e. The van der Waals surface area contributed by atoms with Crippen LogP contribution in [0.3, 0.4) is 0 Å². The van der Waals surface area contributed by atoms with Gasteiger partial charge in [-0.2, -0.15) is 0 Å². The Morgan fingerprint density at radius 2 is 2.00 bits per heavy atom. The molecule has 1 atom stereocenters. The van der Waals surface area contributed by atoms with Gasteiger partial charge in [-0.25, -0.2) is 0 Å². The number of ether oxygens (including phenoxy) is 1. The third-order valence-corrected chi connectivity index (χ3v) is 2.77. The van der Waals surface area contributed by atoms with Gasteiger partial charge in [-0.1, -0.05) is 18.5 Å². The van der Waals surface area contributed by atoms with Crippen LogP contribution in [0, 0.1) is 5.92 Å². The van der Waals surface area contributed by atoms with Crippen LogP contribution >= 0.6 is 11.6 Å². The highest BCUT2D eigenvalue weighted by atomic mass is 35.5. The van der Waals surface area contributed by atoms with Gasteiger partial charge in [-0.05, 0) is 32.0 Å². The highest BCUT2D eigenvalue weighted by molar-refractivity contribution is 6.31. The van der Waals surface area contributed by atoms with Crippen LogP contribution < -0.4 is 10.1 Å². The summed E-state index contributed by atoms with van der Waals surface area (Å²) in [5, 5.41) is 11.8. The molecule has 1 rings (SSSR count). The second kappa shape index (κ2) is 7.14. The summed E-state index contributed by atoms with van der Waals surface area (Å²) in [4.78, 5) is 22.8. The Balaban J connectivity index is 2.85. The van der Waals surface area contributed by atoms with E-state index in [0.717, 1.165) is 0 Å². The lowest BCUT2D eigenvalue weighted by atomic mass is 10.1. The summed E-state index contributed by atoms with van der Waals surface area (Å²) < 4.78 is 5.54. The molecule has 2 N–H and O–H groups in total. The van der Waals surface area contributed by atoms with E-state index in [0.29, 0.717) is 16.3 Å². The van der Waals surface area contributed by atoms with Crippen LogP contribution in [0.2, 0.25) is 5.02 Å². The van der Waals surface area contributed by atoms with Crippen molar-refractivity contribution in [3.05, 3.63) is 28.8 Å². The summed E-state index contributed by atoms with van der Waals surface area (Å²) in [6.07, 6.45) is -0.0827. The zero-order valence-corrected chi connectivity index (χ0v) is 12.4. The topological polar surface area (TPSA) is 75.6 Å². The highest BCUT2D eigenvalue weighted by Gasteiger charge is 2.17. The quantitative estimate of drug-likeness (QED) is 0.846. The summed E-state index contributed by atoms with van der Waals surface area (Å²) >= 11 is 5.88. The number of carboxylic acid groups (broad SMARTS) is 1. The number of carbonyl (C=O) groups excluding carboxylic acids is 1. The Hall–Kier alpha value is -1.75. The first kappa shape index (κ1) is 16.3. The predicted molar refractivity (Wildman–Crippen MR) is 76.3 cm³/mol. The normalized spacial score (nSPS) is 12.1. The van der Waals surface area contributed by atoms with Crippen LogP contribution in [0.25, 0.3) is 0 Å². The largest absolute Gasteiger partial charge is 0.490 e. The van der Waals surface area contributed by atoms with E-state index >= 15 is 0 Å². The van der Waals surface area contributed by atoms with Gasteiger partial charge >= 0.3 is 5.97 Å². The van der Waals surface area contributed by atoms with Crippen molar-refractivity contribution in [2.45, 2.75) is 26.9 Å². The average Bonchev–Trinajstić information content (AvgIpc) is 2.36. The van der Waals surface area contributed by atoms with E-state index in [4.69, 9.17) is 21.4 Å². The van der Waals surface area contributed by atoms with Crippen molar-refractivity contribution in [3.8, 4) is 5.75 Å². The summed E-state index contributed by atoms with van der Waals surface area (Å²) in [7, 11) is 0. The van der Waals surface area contributed by atoms with E-state index in [1.54, 1.807) is 12.1 Å². The van der Waals surface area contributed by atoms with E-state index in [1.165, 1.54) is 13.0 Å². The van der Waals surface area contributed by atoms with Crippen LogP contribution in [0.1, 0.15) is 31.1 Å². The van der Waals surface area contributed by atoms with E-state index in [1.807, 2.05) is 13.8 Å². The third-order valence-electron chi connectivity index (χ3n) is 2.54. The molecule has 20 heavy (non-hydrogen) atoms. The number of aliphatic carboxylic acids is 1. The molecule has 0 aliphatic carbocycles. The molecule has 0 saturated heterocycles. The number of hydrogen-bond acceptors (Lipinski definition) is 3. The highest BCUT2D eigenvalue weighted by Crippen LogP contribution is 2.24. The van der Waals surface area contributed by atoms with E-state index < -0.39 is 17.8 Å². The fourth-order valence-corrected chi connectivity index (χ4v) is 1.64. The molecular weight excluding hydrogens is 282 g/mol. The Morgan fingerprint density at radius 3 is 2.55 bits per heavy atom. The van der Waals surface area contributed by atoms with Crippen molar-refractivity contribution in [3.63, 3.8) is 0 Å². The molecule has 0 radical (unpaired) electrons. The van der Waals surface area contributed by atoms with Crippen LogP contribution in [-0.2, 0) is 4.79 Å². The number of nitrogens with one attached hydrogen (secondary N) is 1. The number of halogens is 1. The van der Waals surface area contributed by atoms with Gasteiger partial charge in [0, 0.05) is 11.6 Å². The third kappa shape index (κ3) is 4.74. The maximum atomic E-state index is 12.1. The minimum absolute atomic E-state index is 0.0435. The van der Waals surface area contributed by atoms with Gasteiger partial charge in [0.2, 0.25) is 0 Å². The molecule has 1 amide bonds. The minimum Gasteiger partial charge on any atom is -0.490 e. The fourth-order valence-electron chi connectivity index (χ4n) is 1.46. The minimum atomic E-state index is -0.963. The molecule has 0 saturated carbocycles. The standard InChI is InChI=1S/C14H18ClNO4/c1-8(2)20-12-5-4-10(15)6-11(12)13(17)16-7-9(3)14(18)19/h4-6,8-9H,7H2,1-3H3,(H,16,17)(H,18,19). The van der Waals surface area contributed by atoms with Crippen molar-refractivity contribution >= 4 is 23.5 Å². The zero-order chi connectivity index (χ0) is 15.3. The molecule has 0 heterocycles. The lowest BCUT2D eigenvalue weighted by Gasteiger charge is -2.15. The molecule has 1 aromatic rings. The summed E-state index contributed by atoms with van der Waals surface area (Å²) in [6, 6.07) is 4.76. The Bertz CT molecular complexity index is 502. The number of carbonyl (C=O) groups is 2. The zero-order valence-electron chi connectivity index (χ0n) is 11.6. The number of rotatable bonds is 6. The van der Waals surface area contributed by atoms with Gasteiger partial charge in [0.15, 0.2) is 0 Å². The van der Waals surface area contributed by atoms with E-state index in [9.17, 15) is 9.59 Å². The first-order valence-electron chi connectivity index (χ1n) is 6.28. The van der Waals surface area contributed by atoms with Gasteiger partial charge in [-0.15, -0.1) is 0 Å². The van der Waals surface area contributed by atoms with Crippen LogP contribution in [-0.4, -0.2) is 29.6 Å². The molecule has 110 valence electrons. The molecule has 0 aliphatic rings. The first-order chi connectivity index (χ1) is 9.31. The van der Waals surface area contributed by atoms with Crippen LogP contribution in [0.5, 0.6) is 5.75 Å². The van der Waals surface area contributed by atoms with Gasteiger partial charge in [0.25, 0.3) is 5.91 Å². The molecule has 0 aliphatic heterocycles. The van der Waals surface area contributed by atoms with Gasteiger partial charge in [-0.3, -0.25) is 9.59 Å². The molecule has 6 heteroatoms. The lowest BCUT2D eigenvalue weighted by molar-refractivity contribution is -0.140. The van der Waals surface area contributed by atoms with Crippen LogP contribution in [0.4, 0.5) is 0 Å². The fraction of sp³-hybridized carbons (Fsp3) is 0.429. The number of amides is 1. The second-order valence-electron chi connectivity index (χ2n) is 4.76. The molecule has 0 fully saturated rings. The van der Waals surface area contributed by atoms with E-state index in [2.05, 4.69) is 5.32 Å². The Kier molecular flexibility index (Phi) is 5.82. The van der Waals surface area contributed by atoms with Crippen molar-refractivity contribution in [1.82, 2.24) is 5.32 Å². The monoisotopic (exact) mass is 299 g/mol. The summed E-state index contributed by atoms with van der Waals surface area (Å²) in [6.45, 7) is 5.26. The molecule has 1 aromatic carbocycles. The van der Waals surface area contributed by atoms with Crippen molar-refractivity contribution in [2.24, 2.45) is 5.92 Å². The molecule has 0 spiro atoms. The molecular formula is C14H18ClNO4. The Labute approximate surface area is 122 Å². The second-order valence-corrected chi connectivity index (χ2v) is 5.19. The van der Waals surface area contributed by atoms with Gasteiger partial charge in [0.1, 0.15) is 5.75 Å². The molecule has 1 unspecified atom stereocenters. The molecule has 0 bridgehead atoms. The van der Waals surface area contributed by atoms with Crippen LogP contribution in [0.15, 0.2) is 18.2 Å². The van der Waals surface area contributed by atoms with E-state index in [-0.39, 0.29) is 12.6 Å². The smallest absolute Gasteiger partial charge is 0.308 e. The predicted octanol–water partition coefficient (Wildman–Crippen LogP) is 2.58. The summed E-state index contributed by atoms with van der Waals surface area (Å²) in [5.41, 5.74) is 0.295. The first-order valence-corrected chi connectivity index (χ1v) is 6.66. The van der Waals surface area contributed by atoms with Crippen molar-refractivity contribution < 1.29 is 19.4 Å². The van der Waals surface area contributed by atoms with Crippen molar-refractivity contribution in [2.75, 3.05) is 6.54 Å².